The van der Waals surface area contributed by atoms with Crippen LogP contribution < -0.4 is 15.8 Å². The number of carbonyl (C=O) groups excluding carboxylic acids is 4. The summed E-state index contributed by atoms with van der Waals surface area (Å²) in [4.78, 5) is 52.2. The molecule has 1 aliphatic carbocycles. The Morgan fingerprint density at radius 3 is 2.24 bits per heavy atom. The minimum atomic E-state index is -0.592. The lowest BCUT2D eigenvalue weighted by molar-refractivity contribution is -0.144. The van der Waals surface area contributed by atoms with Crippen molar-refractivity contribution in [3.05, 3.63) is 42.0 Å². The molecule has 0 spiro atoms. The van der Waals surface area contributed by atoms with E-state index in [-0.39, 0.29) is 42.6 Å². The lowest BCUT2D eigenvalue weighted by Crippen LogP contribution is -2.50. The Morgan fingerprint density at radius 2 is 1.55 bits per heavy atom. The molecule has 0 saturated carbocycles. The first-order chi connectivity index (χ1) is 14.0. The molecule has 3 aliphatic rings. The SMILES string of the molecule is O=C(CN1C(=O)[C@H]2CC=CC[C@H]2C1=O)NNC(=O)CN1CCCc2ccccc21. The van der Waals surface area contributed by atoms with Gasteiger partial charge in [0.1, 0.15) is 6.54 Å². The fraction of sp³-hybridized carbons (Fsp3) is 0.429. The van der Waals surface area contributed by atoms with Crippen LogP contribution in [0.5, 0.6) is 0 Å². The van der Waals surface area contributed by atoms with E-state index < -0.39 is 5.91 Å². The van der Waals surface area contributed by atoms with E-state index in [4.69, 9.17) is 0 Å². The van der Waals surface area contributed by atoms with Gasteiger partial charge in [0.15, 0.2) is 0 Å². The van der Waals surface area contributed by atoms with E-state index in [1.165, 1.54) is 5.56 Å². The maximum Gasteiger partial charge on any atom is 0.258 e. The summed E-state index contributed by atoms with van der Waals surface area (Å²) >= 11 is 0. The zero-order valence-corrected chi connectivity index (χ0v) is 16.1. The fourth-order valence-electron chi connectivity index (χ4n) is 4.34. The number of carbonyl (C=O) groups is 4. The van der Waals surface area contributed by atoms with Gasteiger partial charge in [-0.1, -0.05) is 30.4 Å². The number of benzene rings is 1. The lowest BCUT2D eigenvalue weighted by atomic mass is 9.85. The maximum atomic E-state index is 12.4. The van der Waals surface area contributed by atoms with E-state index in [9.17, 15) is 19.2 Å². The van der Waals surface area contributed by atoms with Gasteiger partial charge in [-0.15, -0.1) is 0 Å². The number of hydrogen-bond acceptors (Lipinski definition) is 5. The van der Waals surface area contributed by atoms with Crippen LogP contribution in [-0.2, 0) is 25.6 Å². The molecule has 4 amide bonds. The Hall–Kier alpha value is -3.16. The van der Waals surface area contributed by atoms with E-state index in [0.717, 1.165) is 30.0 Å². The zero-order valence-electron chi connectivity index (χ0n) is 16.1. The summed E-state index contributed by atoms with van der Waals surface area (Å²) in [6.07, 6.45) is 6.81. The molecule has 1 aromatic carbocycles. The molecule has 0 unspecified atom stereocenters. The standard InChI is InChI=1S/C21H24N4O4/c26-18(12-24-11-5-7-14-6-1-4-10-17(14)24)22-23-19(27)13-25-20(28)15-8-2-3-9-16(15)21(25)29/h1-4,6,10,15-16H,5,7-9,11-13H2,(H,22,26)(H,23,27)/t15-,16+. The van der Waals surface area contributed by atoms with Crippen LogP contribution in [0.4, 0.5) is 5.69 Å². The van der Waals surface area contributed by atoms with Crippen LogP contribution in [0.1, 0.15) is 24.8 Å². The predicted octanol–water partition coefficient (Wildman–Crippen LogP) is 0.538. The van der Waals surface area contributed by atoms with E-state index in [1.54, 1.807) is 0 Å². The highest BCUT2D eigenvalue weighted by atomic mass is 16.2. The molecule has 2 aliphatic heterocycles. The number of nitrogens with one attached hydrogen (secondary N) is 2. The van der Waals surface area contributed by atoms with E-state index in [0.29, 0.717) is 12.8 Å². The maximum absolute atomic E-state index is 12.4. The number of allylic oxidation sites excluding steroid dienone is 2. The largest absolute Gasteiger partial charge is 0.362 e. The third-order valence-corrected chi connectivity index (χ3v) is 5.78. The highest BCUT2D eigenvalue weighted by Gasteiger charge is 2.47. The van der Waals surface area contributed by atoms with Crippen molar-refractivity contribution < 1.29 is 19.2 Å². The molecular formula is C21H24N4O4. The van der Waals surface area contributed by atoms with E-state index in [1.807, 2.05) is 35.3 Å². The van der Waals surface area contributed by atoms with Crippen LogP contribution in [0.2, 0.25) is 0 Å². The second kappa shape index (κ2) is 8.06. The van der Waals surface area contributed by atoms with Crippen molar-refractivity contribution >= 4 is 29.3 Å². The van der Waals surface area contributed by atoms with Gasteiger partial charge in [0, 0.05) is 12.2 Å². The van der Waals surface area contributed by atoms with Gasteiger partial charge < -0.3 is 4.90 Å². The van der Waals surface area contributed by atoms with Crippen molar-refractivity contribution in [2.24, 2.45) is 11.8 Å². The number of fused-ring (bicyclic) bond motifs is 2. The fourth-order valence-corrected chi connectivity index (χ4v) is 4.34. The number of para-hydroxylation sites is 1. The molecule has 1 aromatic rings. The van der Waals surface area contributed by atoms with Gasteiger partial charge in [0.05, 0.1) is 18.4 Å². The van der Waals surface area contributed by atoms with Crippen molar-refractivity contribution in [2.45, 2.75) is 25.7 Å². The Kier molecular flexibility index (Phi) is 5.33. The third kappa shape index (κ3) is 3.87. The Balaban J connectivity index is 1.28. The van der Waals surface area contributed by atoms with Crippen LogP contribution in [0, 0.1) is 11.8 Å². The Labute approximate surface area is 168 Å². The quantitative estimate of drug-likeness (QED) is 0.440. The first-order valence-electron chi connectivity index (χ1n) is 9.95. The number of aryl methyl sites for hydroxylation is 1. The molecule has 152 valence electrons. The number of amides is 4. The van der Waals surface area contributed by atoms with Crippen LogP contribution in [0.3, 0.4) is 0 Å². The number of nitrogens with zero attached hydrogens (tertiary/aromatic N) is 2. The van der Waals surface area contributed by atoms with Crippen LogP contribution in [0.15, 0.2) is 36.4 Å². The number of hydrazine groups is 1. The molecule has 29 heavy (non-hydrogen) atoms. The van der Waals surface area contributed by atoms with Gasteiger partial charge in [0.2, 0.25) is 11.8 Å². The second-order valence-electron chi connectivity index (χ2n) is 7.67. The van der Waals surface area contributed by atoms with Crippen molar-refractivity contribution in [1.82, 2.24) is 15.8 Å². The molecule has 1 fully saturated rings. The molecule has 2 heterocycles. The van der Waals surface area contributed by atoms with Crippen LogP contribution in [0.25, 0.3) is 0 Å². The first kappa shape index (κ1) is 19.2. The minimum absolute atomic E-state index is 0.120. The molecular weight excluding hydrogens is 372 g/mol. The number of rotatable bonds is 4. The Bertz CT molecular complexity index is 855. The second-order valence-corrected chi connectivity index (χ2v) is 7.67. The summed E-state index contributed by atoms with van der Waals surface area (Å²) in [6.45, 7) is 0.512. The molecule has 2 N–H and O–H groups in total. The zero-order chi connectivity index (χ0) is 20.4. The van der Waals surface area contributed by atoms with E-state index >= 15 is 0 Å². The lowest BCUT2D eigenvalue weighted by Gasteiger charge is -2.30. The van der Waals surface area contributed by atoms with Crippen molar-refractivity contribution in [1.29, 1.82) is 0 Å². The molecule has 8 nitrogen and oxygen atoms in total. The van der Waals surface area contributed by atoms with E-state index in [2.05, 4.69) is 16.9 Å². The van der Waals surface area contributed by atoms with Crippen molar-refractivity contribution in [3.63, 3.8) is 0 Å². The normalized spacial score (nSPS) is 22.9. The van der Waals surface area contributed by atoms with Crippen LogP contribution in [-0.4, -0.2) is 48.2 Å². The smallest absolute Gasteiger partial charge is 0.258 e. The third-order valence-electron chi connectivity index (χ3n) is 5.78. The van der Waals surface area contributed by atoms with Gasteiger partial charge >= 0.3 is 0 Å². The summed E-state index contributed by atoms with van der Waals surface area (Å²) in [5.41, 5.74) is 6.94. The number of imide groups is 1. The Morgan fingerprint density at radius 1 is 0.931 bits per heavy atom. The summed E-state index contributed by atoms with van der Waals surface area (Å²) in [5, 5.41) is 0. The highest BCUT2D eigenvalue weighted by molar-refractivity contribution is 6.07. The molecule has 0 bridgehead atoms. The van der Waals surface area contributed by atoms with Gasteiger partial charge in [0.25, 0.3) is 11.8 Å². The van der Waals surface area contributed by atoms with Crippen molar-refractivity contribution in [3.8, 4) is 0 Å². The summed E-state index contributed by atoms with van der Waals surface area (Å²) in [6, 6.07) is 7.96. The summed E-state index contributed by atoms with van der Waals surface area (Å²) < 4.78 is 0. The van der Waals surface area contributed by atoms with Crippen LogP contribution >= 0.6 is 0 Å². The number of hydrogen-bond donors (Lipinski definition) is 2. The number of likely N-dealkylation sites (tertiary alicyclic amines) is 1. The van der Waals surface area contributed by atoms with Crippen molar-refractivity contribution in [2.75, 3.05) is 24.5 Å². The summed E-state index contributed by atoms with van der Waals surface area (Å²) in [7, 11) is 0. The van der Waals surface area contributed by atoms with Gasteiger partial charge in [-0.05, 0) is 37.3 Å². The minimum Gasteiger partial charge on any atom is -0.362 e. The molecule has 0 radical (unpaired) electrons. The molecule has 2 atom stereocenters. The monoisotopic (exact) mass is 396 g/mol. The average molecular weight is 396 g/mol. The topological polar surface area (TPSA) is 98.8 Å². The van der Waals surface area contributed by atoms with Gasteiger partial charge in [-0.3, -0.25) is 34.9 Å². The van der Waals surface area contributed by atoms with Gasteiger partial charge in [-0.25, -0.2) is 0 Å². The first-order valence-corrected chi connectivity index (χ1v) is 9.95. The molecule has 8 heteroatoms. The summed E-state index contributed by atoms with van der Waals surface area (Å²) in [5.74, 6) is -2.30. The molecule has 4 rings (SSSR count). The molecule has 1 saturated heterocycles. The van der Waals surface area contributed by atoms with Gasteiger partial charge in [-0.2, -0.15) is 0 Å². The highest BCUT2D eigenvalue weighted by Crippen LogP contribution is 2.34. The number of anilines is 1. The average Bonchev–Trinajstić information content (AvgIpc) is 2.98. The predicted molar refractivity (Wildman–Crippen MR) is 105 cm³/mol. The molecule has 0 aromatic heterocycles.